The summed E-state index contributed by atoms with van der Waals surface area (Å²) in [6.07, 6.45) is 0. The lowest BCUT2D eigenvalue weighted by Gasteiger charge is -2.15. The lowest BCUT2D eigenvalue weighted by atomic mass is 10.1. The smallest absolute Gasteiger partial charge is 0.180 e. The van der Waals surface area contributed by atoms with Crippen LogP contribution in [0.1, 0.15) is 16.7 Å². The fourth-order valence-electron chi connectivity index (χ4n) is 2.85. The Kier molecular flexibility index (Phi) is 6.66. The molecule has 0 aliphatic heterocycles. The first kappa shape index (κ1) is 19.9. The molecule has 3 rings (SSSR count). The van der Waals surface area contributed by atoms with Crippen LogP contribution >= 0.6 is 11.6 Å². The molecule has 0 bridgehead atoms. The van der Waals surface area contributed by atoms with Crippen LogP contribution in [0.2, 0.25) is 5.02 Å². The maximum Gasteiger partial charge on any atom is 0.180 e. The van der Waals surface area contributed by atoms with Gasteiger partial charge in [0.1, 0.15) is 12.4 Å². The number of aryl methyl sites for hydroxylation is 1. The van der Waals surface area contributed by atoms with E-state index in [-0.39, 0.29) is 0 Å². The standard InChI is InChI=1S/C23H24ClNO3/c1-16-6-4-5-7-18(16)15-28-23-21(24)12-17(13-22(23)27-3)14-25-19-8-10-20(26-2)11-9-19/h4-13,25H,14-15H2,1-3H3. The molecule has 0 saturated carbocycles. The summed E-state index contributed by atoms with van der Waals surface area (Å²) in [7, 11) is 3.27. The van der Waals surface area contributed by atoms with E-state index >= 15 is 0 Å². The van der Waals surface area contributed by atoms with Crippen LogP contribution in [0.4, 0.5) is 5.69 Å². The van der Waals surface area contributed by atoms with Crippen molar-refractivity contribution in [3.8, 4) is 17.2 Å². The van der Waals surface area contributed by atoms with Crippen LogP contribution in [0.3, 0.4) is 0 Å². The Labute approximate surface area is 171 Å². The molecule has 0 unspecified atom stereocenters. The van der Waals surface area contributed by atoms with E-state index in [9.17, 15) is 0 Å². The van der Waals surface area contributed by atoms with E-state index in [0.717, 1.165) is 22.6 Å². The van der Waals surface area contributed by atoms with Crippen molar-refractivity contribution < 1.29 is 14.2 Å². The highest BCUT2D eigenvalue weighted by Crippen LogP contribution is 2.37. The first-order valence-corrected chi connectivity index (χ1v) is 9.40. The number of methoxy groups -OCH3 is 2. The molecule has 0 saturated heterocycles. The average Bonchev–Trinajstić information content (AvgIpc) is 2.72. The van der Waals surface area contributed by atoms with Gasteiger partial charge in [0.05, 0.1) is 19.2 Å². The van der Waals surface area contributed by atoms with E-state index in [4.69, 9.17) is 25.8 Å². The molecule has 0 spiro atoms. The SMILES string of the molecule is COc1ccc(NCc2cc(Cl)c(OCc3ccccc3C)c(OC)c2)cc1. The molecule has 0 aromatic heterocycles. The van der Waals surface area contributed by atoms with Gasteiger partial charge in [0, 0.05) is 12.2 Å². The summed E-state index contributed by atoms with van der Waals surface area (Å²) in [6.45, 7) is 3.11. The van der Waals surface area contributed by atoms with Gasteiger partial charge in [-0.2, -0.15) is 0 Å². The molecule has 0 atom stereocenters. The van der Waals surface area contributed by atoms with Crippen LogP contribution in [0.5, 0.6) is 17.2 Å². The predicted molar refractivity (Wildman–Crippen MR) is 114 cm³/mol. The Balaban J connectivity index is 1.70. The van der Waals surface area contributed by atoms with Crippen molar-refractivity contribution in [2.75, 3.05) is 19.5 Å². The molecule has 28 heavy (non-hydrogen) atoms. The zero-order valence-corrected chi connectivity index (χ0v) is 17.0. The van der Waals surface area contributed by atoms with Gasteiger partial charge in [-0.15, -0.1) is 0 Å². The van der Waals surface area contributed by atoms with Gasteiger partial charge in [0.25, 0.3) is 0 Å². The molecular formula is C23H24ClNO3. The van der Waals surface area contributed by atoms with Crippen molar-refractivity contribution in [3.63, 3.8) is 0 Å². The molecule has 0 amide bonds. The molecule has 4 nitrogen and oxygen atoms in total. The topological polar surface area (TPSA) is 39.7 Å². The van der Waals surface area contributed by atoms with E-state index in [1.807, 2.05) is 54.6 Å². The van der Waals surface area contributed by atoms with Crippen LogP contribution in [0.15, 0.2) is 60.7 Å². The van der Waals surface area contributed by atoms with Crippen LogP contribution in [-0.4, -0.2) is 14.2 Å². The van der Waals surface area contributed by atoms with Crippen molar-refractivity contribution in [1.29, 1.82) is 0 Å². The molecule has 0 heterocycles. The molecule has 5 heteroatoms. The third-order valence-corrected chi connectivity index (χ3v) is 4.79. The van der Waals surface area contributed by atoms with Crippen LogP contribution < -0.4 is 19.5 Å². The van der Waals surface area contributed by atoms with Crippen LogP contribution in [0.25, 0.3) is 0 Å². The lowest BCUT2D eigenvalue weighted by Crippen LogP contribution is -2.03. The van der Waals surface area contributed by atoms with Gasteiger partial charge in [0.15, 0.2) is 11.5 Å². The largest absolute Gasteiger partial charge is 0.497 e. The second-order valence-electron chi connectivity index (χ2n) is 6.41. The van der Waals surface area contributed by atoms with Crippen LogP contribution in [0, 0.1) is 6.92 Å². The zero-order valence-electron chi connectivity index (χ0n) is 16.3. The molecule has 0 aliphatic carbocycles. The van der Waals surface area contributed by atoms with Crippen molar-refractivity contribution in [2.24, 2.45) is 0 Å². The molecule has 3 aromatic carbocycles. The summed E-state index contributed by atoms with van der Waals surface area (Å²) in [4.78, 5) is 0. The van der Waals surface area contributed by atoms with Crippen molar-refractivity contribution in [1.82, 2.24) is 0 Å². The number of hydrogen-bond acceptors (Lipinski definition) is 4. The quantitative estimate of drug-likeness (QED) is 0.517. The summed E-state index contributed by atoms with van der Waals surface area (Å²) >= 11 is 6.49. The van der Waals surface area contributed by atoms with E-state index in [2.05, 4.69) is 18.3 Å². The normalized spacial score (nSPS) is 10.4. The Bertz CT molecular complexity index is 926. The molecule has 1 N–H and O–H groups in total. The van der Waals surface area contributed by atoms with Gasteiger partial charge >= 0.3 is 0 Å². The number of hydrogen-bond donors (Lipinski definition) is 1. The Morgan fingerprint density at radius 1 is 0.929 bits per heavy atom. The first-order valence-electron chi connectivity index (χ1n) is 9.02. The van der Waals surface area contributed by atoms with Crippen molar-refractivity contribution in [3.05, 3.63) is 82.4 Å². The minimum absolute atomic E-state index is 0.437. The Morgan fingerprint density at radius 3 is 2.36 bits per heavy atom. The minimum atomic E-state index is 0.437. The minimum Gasteiger partial charge on any atom is -0.497 e. The number of rotatable bonds is 8. The third-order valence-electron chi connectivity index (χ3n) is 4.51. The maximum atomic E-state index is 6.49. The Morgan fingerprint density at radius 2 is 1.68 bits per heavy atom. The molecular weight excluding hydrogens is 374 g/mol. The lowest BCUT2D eigenvalue weighted by molar-refractivity contribution is 0.284. The molecule has 3 aromatic rings. The maximum absolute atomic E-state index is 6.49. The summed E-state index contributed by atoms with van der Waals surface area (Å²) < 4.78 is 16.7. The van der Waals surface area contributed by atoms with Gasteiger partial charge < -0.3 is 19.5 Å². The highest BCUT2D eigenvalue weighted by atomic mass is 35.5. The van der Waals surface area contributed by atoms with Crippen LogP contribution in [-0.2, 0) is 13.2 Å². The van der Waals surface area contributed by atoms with Gasteiger partial charge in [-0.25, -0.2) is 0 Å². The number of ether oxygens (including phenoxy) is 3. The zero-order chi connectivity index (χ0) is 19.9. The number of halogens is 1. The number of nitrogens with one attached hydrogen (secondary N) is 1. The highest BCUT2D eigenvalue weighted by molar-refractivity contribution is 6.32. The summed E-state index contributed by atoms with van der Waals surface area (Å²) in [6, 6.07) is 19.7. The van der Waals surface area contributed by atoms with Gasteiger partial charge in [-0.1, -0.05) is 35.9 Å². The van der Waals surface area contributed by atoms with Crippen molar-refractivity contribution >= 4 is 17.3 Å². The molecule has 0 radical (unpaired) electrons. The second kappa shape index (κ2) is 9.38. The van der Waals surface area contributed by atoms with Crippen molar-refractivity contribution in [2.45, 2.75) is 20.1 Å². The fraction of sp³-hybridized carbons (Fsp3) is 0.217. The van der Waals surface area contributed by atoms with Gasteiger partial charge in [-0.3, -0.25) is 0 Å². The van der Waals surface area contributed by atoms with E-state index in [0.29, 0.717) is 29.7 Å². The third kappa shape index (κ3) is 4.90. The Hall–Kier alpha value is -2.85. The number of benzene rings is 3. The fourth-order valence-corrected chi connectivity index (χ4v) is 3.14. The summed E-state index contributed by atoms with van der Waals surface area (Å²) in [5, 5.41) is 3.89. The highest BCUT2D eigenvalue weighted by Gasteiger charge is 2.13. The predicted octanol–water partition coefficient (Wildman–Crippen LogP) is 5.86. The monoisotopic (exact) mass is 397 g/mol. The van der Waals surface area contributed by atoms with Gasteiger partial charge in [-0.05, 0) is 60.0 Å². The van der Waals surface area contributed by atoms with Gasteiger partial charge in [0.2, 0.25) is 0 Å². The average molecular weight is 398 g/mol. The van der Waals surface area contributed by atoms with E-state index < -0.39 is 0 Å². The summed E-state index contributed by atoms with van der Waals surface area (Å²) in [5.74, 6) is 2.00. The second-order valence-corrected chi connectivity index (χ2v) is 6.81. The van der Waals surface area contributed by atoms with E-state index in [1.165, 1.54) is 5.56 Å². The molecule has 0 fully saturated rings. The first-order chi connectivity index (χ1) is 13.6. The molecule has 146 valence electrons. The van der Waals surface area contributed by atoms with E-state index in [1.54, 1.807) is 14.2 Å². The molecule has 0 aliphatic rings. The number of anilines is 1. The summed E-state index contributed by atoms with van der Waals surface area (Å²) in [5.41, 5.74) is 4.29.